The van der Waals surface area contributed by atoms with E-state index in [0.717, 1.165) is 16.7 Å². The van der Waals surface area contributed by atoms with Gasteiger partial charge in [0, 0.05) is 11.1 Å². The van der Waals surface area contributed by atoms with Crippen molar-refractivity contribution in [3.63, 3.8) is 0 Å². The topological polar surface area (TPSA) is 87.6 Å². The third kappa shape index (κ3) is 8.89. The highest BCUT2D eigenvalue weighted by molar-refractivity contribution is 5.95. The van der Waals surface area contributed by atoms with Crippen LogP contribution in [0.1, 0.15) is 39.5 Å². The number of para-hydroxylation sites is 1. The van der Waals surface area contributed by atoms with Crippen molar-refractivity contribution in [1.29, 1.82) is 0 Å². The quantitative estimate of drug-likeness (QED) is 0.0963. The van der Waals surface area contributed by atoms with Gasteiger partial charge in [-0.1, -0.05) is 78.9 Å². The van der Waals surface area contributed by atoms with Gasteiger partial charge in [-0.25, -0.2) is 5.43 Å². The molecule has 5 aromatic rings. The maximum Gasteiger partial charge on any atom is 0.271 e. The molecule has 0 aromatic heterocycles. The Labute approximate surface area is 269 Å². The van der Waals surface area contributed by atoms with Gasteiger partial charge in [0.25, 0.3) is 5.91 Å². The lowest BCUT2D eigenvalue weighted by Gasteiger charge is -2.14. The Balaban J connectivity index is 1.18. The monoisotopic (exact) mass is 616 g/mol. The molecule has 5 rings (SSSR count). The second kappa shape index (κ2) is 16.4. The molecule has 0 saturated heterocycles. The number of nitrogens with zero attached hydrogens (tertiary/aromatic N) is 1. The Bertz CT molecular complexity index is 1740. The van der Waals surface area contributed by atoms with Crippen molar-refractivity contribution in [2.45, 2.75) is 26.7 Å². The van der Waals surface area contributed by atoms with E-state index >= 15 is 0 Å². The Kier molecular flexibility index (Phi) is 11.3. The van der Waals surface area contributed by atoms with Crippen molar-refractivity contribution in [2.24, 2.45) is 5.10 Å². The molecule has 0 unspecified atom stereocenters. The second-order valence-electron chi connectivity index (χ2n) is 10.2. The molecule has 0 heterocycles. The summed E-state index contributed by atoms with van der Waals surface area (Å²) in [4.78, 5) is 12.9. The van der Waals surface area contributed by atoms with Crippen LogP contribution >= 0.6 is 0 Å². The summed E-state index contributed by atoms with van der Waals surface area (Å²) in [6.45, 7) is 3.58. The van der Waals surface area contributed by atoms with Crippen LogP contribution in [0.3, 0.4) is 0 Å². The van der Waals surface area contributed by atoms with Crippen molar-refractivity contribution < 1.29 is 28.5 Å². The highest BCUT2D eigenvalue weighted by Gasteiger charge is 2.12. The fraction of sp³-hybridized carbons (Fsp3) is 0.158. The minimum absolute atomic E-state index is 0.300. The molecular formula is C38H36N2O6. The third-order valence-corrected chi connectivity index (χ3v) is 6.89. The number of carbonyl (C=O) groups is 1. The zero-order valence-corrected chi connectivity index (χ0v) is 25.8. The maximum atomic E-state index is 12.9. The summed E-state index contributed by atoms with van der Waals surface area (Å²) in [6.07, 6.45) is 1.55. The van der Waals surface area contributed by atoms with Crippen molar-refractivity contribution in [3.05, 3.63) is 149 Å². The van der Waals surface area contributed by atoms with Crippen LogP contribution in [0.15, 0.2) is 126 Å². The fourth-order valence-corrected chi connectivity index (χ4v) is 4.53. The van der Waals surface area contributed by atoms with E-state index in [1.165, 1.54) is 7.11 Å². The van der Waals surface area contributed by atoms with E-state index in [0.29, 0.717) is 66.3 Å². The molecule has 8 heteroatoms. The summed E-state index contributed by atoms with van der Waals surface area (Å²) in [7, 11) is 1.54. The van der Waals surface area contributed by atoms with Gasteiger partial charge in [-0.3, -0.25) is 4.79 Å². The Morgan fingerprint density at radius 3 is 1.87 bits per heavy atom. The summed E-state index contributed by atoms with van der Waals surface area (Å²) >= 11 is 0. The summed E-state index contributed by atoms with van der Waals surface area (Å²) in [5.41, 5.74) is 6.69. The Morgan fingerprint density at radius 2 is 1.20 bits per heavy atom. The maximum absolute atomic E-state index is 12.9. The second-order valence-corrected chi connectivity index (χ2v) is 10.2. The molecule has 0 bridgehead atoms. The fourth-order valence-electron chi connectivity index (χ4n) is 4.53. The number of nitrogens with one attached hydrogen (secondary N) is 1. The first-order valence-corrected chi connectivity index (χ1v) is 15.0. The number of hydrogen-bond acceptors (Lipinski definition) is 7. The van der Waals surface area contributed by atoms with Gasteiger partial charge >= 0.3 is 0 Å². The van der Waals surface area contributed by atoms with Crippen LogP contribution < -0.4 is 29.1 Å². The number of hydrogen-bond donors (Lipinski definition) is 1. The normalized spacial score (nSPS) is 10.7. The molecule has 8 nitrogen and oxygen atoms in total. The summed E-state index contributed by atoms with van der Waals surface area (Å²) < 4.78 is 29.4. The molecule has 0 aliphatic rings. The van der Waals surface area contributed by atoms with E-state index in [4.69, 9.17) is 23.7 Å². The highest BCUT2D eigenvalue weighted by Crippen LogP contribution is 2.31. The molecule has 1 N–H and O–H groups in total. The molecule has 0 aliphatic carbocycles. The molecular weight excluding hydrogens is 580 g/mol. The van der Waals surface area contributed by atoms with E-state index in [-0.39, 0.29) is 5.91 Å². The number of ether oxygens (including phenoxy) is 5. The van der Waals surface area contributed by atoms with Crippen LogP contribution in [0.25, 0.3) is 0 Å². The molecule has 0 saturated carbocycles. The number of methoxy groups -OCH3 is 1. The van der Waals surface area contributed by atoms with Gasteiger partial charge in [-0.05, 0) is 66.1 Å². The molecule has 0 fully saturated rings. The smallest absolute Gasteiger partial charge is 0.271 e. The zero-order valence-electron chi connectivity index (χ0n) is 25.8. The number of rotatable bonds is 15. The van der Waals surface area contributed by atoms with Crippen LogP contribution in [0.4, 0.5) is 0 Å². The van der Waals surface area contributed by atoms with Crippen molar-refractivity contribution in [2.75, 3.05) is 13.7 Å². The van der Waals surface area contributed by atoms with Crippen LogP contribution in [-0.4, -0.2) is 25.8 Å². The van der Waals surface area contributed by atoms with Crippen LogP contribution in [0.5, 0.6) is 28.7 Å². The van der Waals surface area contributed by atoms with E-state index in [2.05, 4.69) is 10.5 Å². The first-order chi connectivity index (χ1) is 22.6. The average Bonchev–Trinajstić information content (AvgIpc) is 3.10. The predicted molar refractivity (Wildman–Crippen MR) is 178 cm³/mol. The minimum Gasteiger partial charge on any atom is -0.493 e. The van der Waals surface area contributed by atoms with E-state index in [1.54, 1.807) is 24.4 Å². The number of hydrazone groups is 1. The van der Waals surface area contributed by atoms with E-state index in [9.17, 15) is 4.79 Å². The van der Waals surface area contributed by atoms with Gasteiger partial charge in [-0.2, -0.15) is 5.10 Å². The standard InChI is InChI=1S/C38H36N2O6/c1-3-43-37-22-30(18-20-35(37)46-26-29-14-8-5-9-15-29)27-44-33-17-11-10-16-32(33)24-39-40-38(41)31-19-21-34(36(23-31)42-2)45-25-28-12-6-4-7-13-28/h4-24H,3,25-27H2,1-2H3,(H,40,41)/b39-24+. The molecule has 0 spiro atoms. The largest absolute Gasteiger partial charge is 0.493 e. The summed E-state index contributed by atoms with van der Waals surface area (Å²) in [5, 5.41) is 4.17. The van der Waals surface area contributed by atoms with Gasteiger partial charge in [-0.15, -0.1) is 0 Å². The van der Waals surface area contributed by atoms with Gasteiger partial charge < -0.3 is 23.7 Å². The van der Waals surface area contributed by atoms with Crippen molar-refractivity contribution in [1.82, 2.24) is 5.43 Å². The van der Waals surface area contributed by atoms with Crippen LogP contribution in [-0.2, 0) is 19.8 Å². The first kappa shape index (κ1) is 31.7. The van der Waals surface area contributed by atoms with Crippen LogP contribution in [0.2, 0.25) is 0 Å². The third-order valence-electron chi connectivity index (χ3n) is 6.89. The van der Waals surface area contributed by atoms with Crippen LogP contribution in [0, 0.1) is 0 Å². The number of carbonyl (C=O) groups excluding carboxylic acids is 1. The van der Waals surface area contributed by atoms with Gasteiger partial charge in [0.15, 0.2) is 23.0 Å². The van der Waals surface area contributed by atoms with Gasteiger partial charge in [0.1, 0.15) is 25.6 Å². The summed E-state index contributed by atoms with van der Waals surface area (Å²) in [6, 6.07) is 38.0. The van der Waals surface area contributed by atoms with E-state index in [1.807, 2.05) is 110 Å². The predicted octanol–water partition coefficient (Wildman–Crippen LogP) is 7.59. The Hall–Kier alpha value is -5.76. The van der Waals surface area contributed by atoms with E-state index < -0.39 is 0 Å². The molecule has 1 amide bonds. The summed E-state index contributed by atoms with van der Waals surface area (Å²) in [5.74, 6) is 2.55. The van der Waals surface area contributed by atoms with Crippen molar-refractivity contribution >= 4 is 12.1 Å². The SMILES string of the molecule is CCOc1cc(COc2ccccc2/C=N/NC(=O)c2ccc(OCc3ccccc3)c(OC)c2)ccc1OCc1ccccc1. The van der Waals surface area contributed by atoms with Gasteiger partial charge in [0.2, 0.25) is 0 Å². The molecule has 0 atom stereocenters. The molecule has 46 heavy (non-hydrogen) atoms. The molecule has 0 radical (unpaired) electrons. The lowest BCUT2D eigenvalue weighted by molar-refractivity contribution is 0.0954. The first-order valence-electron chi connectivity index (χ1n) is 15.0. The lowest BCUT2D eigenvalue weighted by Crippen LogP contribution is -2.17. The highest BCUT2D eigenvalue weighted by atomic mass is 16.5. The molecule has 5 aromatic carbocycles. The Morgan fingerprint density at radius 1 is 0.609 bits per heavy atom. The zero-order chi connectivity index (χ0) is 32.0. The number of benzene rings is 5. The minimum atomic E-state index is -0.388. The van der Waals surface area contributed by atoms with Gasteiger partial charge in [0.05, 0.1) is 19.9 Å². The lowest BCUT2D eigenvalue weighted by atomic mass is 10.2. The molecule has 0 aliphatic heterocycles. The number of amides is 1. The van der Waals surface area contributed by atoms with Crippen molar-refractivity contribution in [3.8, 4) is 28.7 Å². The molecule has 234 valence electrons. The average molecular weight is 617 g/mol.